The van der Waals surface area contributed by atoms with Crippen molar-refractivity contribution in [3.05, 3.63) is 68.7 Å². The molecular weight excluding hydrogens is 314 g/mol. The third-order valence-corrected chi connectivity index (χ3v) is 3.74. The quantitative estimate of drug-likeness (QED) is 0.865. The summed E-state index contributed by atoms with van der Waals surface area (Å²) in [4.78, 5) is 0. The topological polar surface area (TPSA) is 20.2 Å². The highest BCUT2D eigenvalue weighted by atomic mass is 79.9. The highest BCUT2D eigenvalue weighted by molar-refractivity contribution is 9.10. The van der Waals surface area contributed by atoms with E-state index in [0.717, 1.165) is 11.6 Å². The SMILES string of the molecule is Cc1ccc(Br)c(C(O)c2cc(C)c(F)cc2F)c1. The zero-order valence-electron chi connectivity index (χ0n) is 10.5. The Morgan fingerprint density at radius 2 is 1.68 bits per heavy atom. The van der Waals surface area contributed by atoms with Crippen LogP contribution >= 0.6 is 15.9 Å². The van der Waals surface area contributed by atoms with Gasteiger partial charge in [0.25, 0.3) is 0 Å². The molecule has 1 nitrogen and oxygen atoms in total. The first-order valence-corrected chi connectivity index (χ1v) is 6.59. The van der Waals surface area contributed by atoms with Crippen molar-refractivity contribution in [3.8, 4) is 0 Å². The van der Waals surface area contributed by atoms with Crippen LogP contribution in [-0.4, -0.2) is 5.11 Å². The Morgan fingerprint density at radius 1 is 1.00 bits per heavy atom. The number of halogens is 3. The van der Waals surface area contributed by atoms with Crippen LogP contribution < -0.4 is 0 Å². The highest BCUT2D eigenvalue weighted by Crippen LogP contribution is 2.31. The summed E-state index contributed by atoms with van der Waals surface area (Å²) < 4.78 is 27.7. The van der Waals surface area contributed by atoms with E-state index >= 15 is 0 Å². The largest absolute Gasteiger partial charge is 0.384 e. The van der Waals surface area contributed by atoms with E-state index in [-0.39, 0.29) is 5.56 Å². The predicted molar refractivity (Wildman–Crippen MR) is 74.0 cm³/mol. The number of benzene rings is 2. The van der Waals surface area contributed by atoms with Gasteiger partial charge in [0.2, 0.25) is 0 Å². The fourth-order valence-corrected chi connectivity index (χ4v) is 2.39. The number of aliphatic hydroxyl groups excluding tert-OH is 1. The molecule has 1 unspecified atom stereocenters. The first kappa shape index (κ1) is 14.2. The first-order chi connectivity index (χ1) is 8.90. The van der Waals surface area contributed by atoms with Crippen LogP contribution in [0, 0.1) is 25.5 Å². The van der Waals surface area contributed by atoms with Gasteiger partial charge in [-0.1, -0.05) is 33.6 Å². The summed E-state index contributed by atoms with van der Waals surface area (Å²) in [6, 6.07) is 7.59. The van der Waals surface area contributed by atoms with Gasteiger partial charge in [0.05, 0.1) is 0 Å². The number of hydrogen-bond acceptors (Lipinski definition) is 1. The van der Waals surface area contributed by atoms with Gasteiger partial charge in [0.1, 0.15) is 17.7 Å². The van der Waals surface area contributed by atoms with Gasteiger partial charge in [-0.2, -0.15) is 0 Å². The van der Waals surface area contributed by atoms with Gasteiger partial charge < -0.3 is 5.11 Å². The lowest BCUT2D eigenvalue weighted by Gasteiger charge is -2.16. The average molecular weight is 327 g/mol. The van der Waals surface area contributed by atoms with Gasteiger partial charge in [-0.15, -0.1) is 0 Å². The summed E-state index contributed by atoms with van der Waals surface area (Å²) in [5.74, 6) is -1.36. The molecule has 0 fully saturated rings. The van der Waals surface area contributed by atoms with Crippen molar-refractivity contribution < 1.29 is 13.9 Å². The van der Waals surface area contributed by atoms with Crippen LogP contribution in [0.4, 0.5) is 8.78 Å². The van der Waals surface area contributed by atoms with E-state index in [2.05, 4.69) is 15.9 Å². The molecule has 2 aromatic rings. The van der Waals surface area contributed by atoms with Crippen molar-refractivity contribution in [1.29, 1.82) is 0 Å². The van der Waals surface area contributed by atoms with Crippen molar-refractivity contribution in [1.82, 2.24) is 0 Å². The Labute approximate surface area is 119 Å². The molecule has 100 valence electrons. The third-order valence-electron chi connectivity index (χ3n) is 3.02. The minimum Gasteiger partial charge on any atom is -0.384 e. The number of rotatable bonds is 2. The second-order valence-electron chi connectivity index (χ2n) is 4.55. The molecule has 1 N–H and O–H groups in total. The van der Waals surface area contributed by atoms with Gasteiger partial charge in [-0.25, -0.2) is 8.78 Å². The fraction of sp³-hybridized carbons (Fsp3) is 0.200. The molecule has 0 aromatic heterocycles. The summed E-state index contributed by atoms with van der Waals surface area (Å²) in [5, 5.41) is 10.3. The lowest BCUT2D eigenvalue weighted by Crippen LogP contribution is -2.05. The summed E-state index contributed by atoms with van der Waals surface area (Å²) in [6.07, 6.45) is -1.13. The molecule has 19 heavy (non-hydrogen) atoms. The van der Waals surface area contributed by atoms with Crippen molar-refractivity contribution in [2.75, 3.05) is 0 Å². The molecule has 0 saturated heterocycles. The van der Waals surface area contributed by atoms with E-state index in [1.807, 2.05) is 13.0 Å². The van der Waals surface area contributed by atoms with E-state index in [1.54, 1.807) is 12.1 Å². The van der Waals surface area contributed by atoms with Crippen LogP contribution in [0.5, 0.6) is 0 Å². The highest BCUT2D eigenvalue weighted by Gasteiger charge is 2.19. The standard InChI is InChI=1S/C15H13BrF2O/c1-8-3-4-12(16)10(5-8)15(19)11-6-9(2)13(17)7-14(11)18/h3-7,15,19H,1-2H3. The predicted octanol–water partition coefficient (Wildman–Crippen LogP) is 4.43. The Bertz CT molecular complexity index is 626. The number of hydrogen-bond donors (Lipinski definition) is 1. The molecule has 0 radical (unpaired) electrons. The third kappa shape index (κ3) is 2.85. The molecule has 2 rings (SSSR count). The molecule has 0 saturated carbocycles. The van der Waals surface area contributed by atoms with Gasteiger partial charge in [-0.3, -0.25) is 0 Å². The van der Waals surface area contributed by atoms with Gasteiger partial charge >= 0.3 is 0 Å². The van der Waals surface area contributed by atoms with Crippen molar-refractivity contribution >= 4 is 15.9 Å². The zero-order valence-corrected chi connectivity index (χ0v) is 12.1. The van der Waals surface area contributed by atoms with Crippen LogP contribution in [0.1, 0.15) is 28.4 Å². The van der Waals surface area contributed by atoms with Crippen LogP contribution in [0.3, 0.4) is 0 Å². The maximum atomic E-state index is 13.8. The summed E-state index contributed by atoms with van der Waals surface area (Å²) in [7, 11) is 0. The summed E-state index contributed by atoms with van der Waals surface area (Å²) in [6.45, 7) is 3.42. The summed E-state index contributed by atoms with van der Waals surface area (Å²) in [5.41, 5.74) is 1.89. The maximum absolute atomic E-state index is 13.8. The van der Waals surface area contributed by atoms with E-state index in [0.29, 0.717) is 15.6 Å². The van der Waals surface area contributed by atoms with E-state index < -0.39 is 17.7 Å². The van der Waals surface area contributed by atoms with Crippen LogP contribution in [0.2, 0.25) is 0 Å². The molecule has 0 aliphatic heterocycles. The van der Waals surface area contributed by atoms with Gasteiger partial charge in [0, 0.05) is 16.1 Å². The minimum absolute atomic E-state index is 0.0743. The fourth-order valence-electron chi connectivity index (χ4n) is 1.93. The monoisotopic (exact) mass is 326 g/mol. The minimum atomic E-state index is -1.13. The normalized spacial score (nSPS) is 12.5. The van der Waals surface area contributed by atoms with Gasteiger partial charge in [-0.05, 0) is 37.1 Å². The number of aliphatic hydroxyl groups is 1. The first-order valence-electron chi connectivity index (χ1n) is 5.80. The second kappa shape index (κ2) is 5.39. The smallest absolute Gasteiger partial charge is 0.132 e. The van der Waals surface area contributed by atoms with Crippen LogP contribution in [0.25, 0.3) is 0 Å². The molecule has 4 heteroatoms. The lowest BCUT2D eigenvalue weighted by atomic mass is 9.98. The zero-order chi connectivity index (χ0) is 14.2. The molecule has 0 bridgehead atoms. The molecule has 0 aliphatic rings. The van der Waals surface area contributed by atoms with Crippen LogP contribution in [-0.2, 0) is 0 Å². The van der Waals surface area contributed by atoms with Gasteiger partial charge in [0.15, 0.2) is 0 Å². The van der Waals surface area contributed by atoms with E-state index in [4.69, 9.17) is 0 Å². The Morgan fingerprint density at radius 3 is 2.37 bits per heavy atom. The van der Waals surface area contributed by atoms with Crippen molar-refractivity contribution in [2.24, 2.45) is 0 Å². The number of aryl methyl sites for hydroxylation is 2. The average Bonchev–Trinajstić information content (AvgIpc) is 2.36. The second-order valence-corrected chi connectivity index (χ2v) is 5.40. The molecule has 0 aliphatic carbocycles. The molecule has 0 amide bonds. The van der Waals surface area contributed by atoms with Crippen LogP contribution in [0.15, 0.2) is 34.8 Å². The molecule has 0 heterocycles. The Hall–Kier alpha value is -1.26. The lowest BCUT2D eigenvalue weighted by molar-refractivity contribution is 0.213. The van der Waals surface area contributed by atoms with Crippen molar-refractivity contribution in [2.45, 2.75) is 20.0 Å². The molecule has 2 aromatic carbocycles. The Kier molecular flexibility index (Phi) is 4.02. The van der Waals surface area contributed by atoms with E-state index in [1.165, 1.54) is 13.0 Å². The van der Waals surface area contributed by atoms with Crippen molar-refractivity contribution in [3.63, 3.8) is 0 Å². The Balaban J connectivity index is 2.52. The molecule has 0 spiro atoms. The summed E-state index contributed by atoms with van der Waals surface area (Å²) >= 11 is 3.33. The maximum Gasteiger partial charge on any atom is 0.132 e. The molecular formula is C15H13BrF2O. The van der Waals surface area contributed by atoms with E-state index in [9.17, 15) is 13.9 Å². The molecule has 1 atom stereocenters.